The molecule has 1 rings (SSSR count). The molecule has 16 heavy (non-hydrogen) atoms. The number of hydrazine groups is 1. The Kier molecular flexibility index (Phi) is 5.08. The Balaban J connectivity index is 2.77. The maximum absolute atomic E-state index is 5.58. The van der Waals surface area contributed by atoms with Gasteiger partial charge in [-0.05, 0) is 44.7 Å². The van der Waals surface area contributed by atoms with Crippen molar-refractivity contribution in [2.75, 3.05) is 0 Å². The largest absolute Gasteiger partial charge is 0.271 e. The first-order valence-corrected chi connectivity index (χ1v) is 5.57. The van der Waals surface area contributed by atoms with Gasteiger partial charge in [0.05, 0.1) is 11.4 Å². The van der Waals surface area contributed by atoms with Crippen LogP contribution in [0.4, 0.5) is 0 Å². The van der Waals surface area contributed by atoms with E-state index in [1.54, 1.807) is 0 Å². The zero-order chi connectivity index (χ0) is 12.0. The van der Waals surface area contributed by atoms with Crippen LogP contribution in [0.25, 0.3) is 0 Å². The van der Waals surface area contributed by atoms with Crippen LogP contribution in [0, 0.1) is 13.8 Å². The number of allylic oxidation sites excluding steroid dienone is 1. The molecule has 0 bridgehead atoms. The molecule has 88 valence electrons. The minimum atomic E-state index is 0.147. The van der Waals surface area contributed by atoms with E-state index >= 15 is 0 Å². The summed E-state index contributed by atoms with van der Waals surface area (Å²) in [5.74, 6) is 5.58. The summed E-state index contributed by atoms with van der Waals surface area (Å²) in [5, 5.41) is 8.13. The van der Waals surface area contributed by atoms with E-state index in [2.05, 4.69) is 22.2 Å². The van der Waals surface area contributed by atoms with E-state index in [0.717, 1.165) is 36.2 Å². The third kappa shape index (κ3) is 3.40. The Morgan fingerprint density at radius 2 is 2.25 bits per heavy atom. The molecule has 0 aliphatic carbocycles. The number of nitrogens with zero attached hydrogens (tertiary/aromatic N) is 2. The van der Waals surface area contributed by atoms with Gasteiger partial charge in [0.25, 0.3) is 0 Å². The predicted octanol–water partition coefficient (Wildman–Crippen LogP) is 1.95. The standard InChI is InChI=1S/C12H20N4/c1-4-5-6-7-12(14-13)11-8-9(2)15-16-10(11)3/h4,8,12,14H,1,5-7,13H2,2-3H3. The van der Waals surface area contributed by atoms with E-state index in [0.29, 0.717) is 0 Å². The molecular formula is C12H20N4. The molecule has 0 saturated heterocycles. The van der Waals surface area contributed by atoms with Gasteiger partial charge in [0.1, 0.15) is 0 Å². The van der Waals surface area contributed by atoms with Crippen LogP contribution < -0.4 is 11.3 Å². The highest BCUT2D eigenvalue weighted by Gasteiger charge is 2.13. The topological polar surface area (TPSA) is 63.8 Å². The molecular weight excluding hydrogens is 200 g/mol. The molecule has 0 radical (unpaired) electrons. The van der Waals surface area contributed by atoms with E-state index in [1.807, 2.05) is 26.0 Å². The summed E-state index contributed by atoms with van der Waals surface area (Å²) < 4.78 is 0. The fraction of sp³-hybridized carbons (Fsp3) is 0.500. The van der Waals surface area contributed by atoms with Crippen molar-refractivity contribution in [3.8, 4) is 0 Å². The lowest BCUT2D eigenvalue weighted by Crippen LogP contribution is -2.29. The van der Waals surface area contributed by atoms with Crippen LogP contribution in [-0.2, 0) is 0 Å². The maximum Gasteiger partial charge on any atom is 0.0648 e. The number of rotatable bonds is 6. The number of hydrogen-bond donors (Lipinski definition) is 2. The minimum Gasteiger partial charge on any atom is -0.271 e. The Labute approximate surface area is 96.9 Å². The van der Waals surface area contributed by atoms with Gasteiger partial charge < -0.3 is 0 Å². The first-order chi connectivity index (χ1) is 7.69. The quantitative estimate of drug-likeness (QED) is 0.333. The Hall–Kier alpha value is -1.26. The fourth-order valence-corrected chi connectivity index (χ4v) is 1.72. The second kappa shape index (κ2) is 6.35. The maximum atomic E-state index is 5.58. The molecule has 1 atom stereocenters. The SMILES string of the molecule is C=CCCCC(NN)c1cc(C)nnc1C. The molecule has 1 unspecified atom stereocenters. The molecule has 0 saturated carbocycles. The van der Waals surface area contributed by atoms with Crippen molar-refractivity contribution < 1.29 is 0 Å². The molecule has 4 heteroatoms. The fourth-order valence-electron chi connectivity index (χ4n) is 1.72. The number of aryl methyl sites for hydroxylation is 2. The molecule has 3 N–H and O–H groups in total. The molecule has 0 spiro atoms. The summed E-state index contributed by atoms with van der Waals surface area (Å²) in [6.45, 7) is 7.61. The van der Waals surface area contributed by atoms with Gasteiger partial charge in [-0.15, -0.1) is 6.58 Å². The third-order valence-corrected chi connectivity index (χ3v) is 2.62. The molecule has 1 heterocycles. The van der Waals surface area contributed by atoms with Crippen LogP contribution in [0.5, 0.6) is 0 Å². The second-order valence-corrected chi connectivity index (χ2v) is 3.97. The number of nitrogens with one attached hydrogen (secondary N) is 1. The monoisotopic (exact) mass is 220 g/mol. The predicted molar refractivity (Wildman–Crippen MR) is 65.6 cm³/mol. The summed E-state index contributed by atoms with van der Waals surface area (Å²) in [4.78, 5) is 0. The Morgan fingerprint density at radius 1 is 1.50 bits per heavy atom. The Morgan fingerprint density at radius 3 is 2.88 bits per heavy atom. The molecule has 0 amide bonds. The molecule has 0 aliphatic rings. The van der Waals surface area contributed by atoms with E-state index in [-0.39, 0.29) is 6.04 Å². The molecule has 0 fully saturated rings. The average Bonchev–Trinajstić information content (AvgIpc) is 2.28. The van der Waals surface area contributed by atoms with E-state index in [4.69, 9.17) is 5.84 Å². The van der Waals surface area contributed by atoms with Gasteiger partial charge in [-0.3, -0.25) is 11.3 Å². The van der Waals surface area contributed by atoms with Crippen molar-refractivity contribution in [1.82, 2.24) is 15.6 Å². The van der Waals surface area contributed by atoms with Gasteiger partial charge in [-0.2, -0.15) is 10.2 Å². The number of unbranched alkanes of at least 4 members (excludes halogenated alkanes) is 1. The van der Waals surface area contributed by atoms with Crippen molar-refractivity contribution in [2.24, 2.45) is 5.84 Å². The van der Waals surface area contributed by atoms with Crippen molar-refractivity contribution in [3.63, 3.8) is 0 Å². The second-order valence-electron chi connectivity index (χ2n) is 3.97. The van der Waals surface area contributed by atoms with Gasteiger partial charge in [0, 0.05) is 6.04 Å². The summed E-state index contributed by atoms with van der Waals surface area (Å²) in [6, 6.07) is 2.19. The lowest BCUT2D eigenvalue weighted by Gasteiger charge is -2.17. The average molecular weight is 220 g/mol. The highest BCUT2D eigenvalue weighted by molar-refractivity contribution is 5.23. The molecule has 0 aliphatic heterocycles. The molecule has 1 aromatic rings. The van der Waals surface area contributed by atoms with Gasteiger partial charge in [0.15, 0.2) is 0 Å². The van der Waals surface area contributed by atoms with Gasteiger partial charge in [-0.1, -0.05) is 6.08 Å². The summed E-state index contributed by atoms with van der Waals surface area (Å²) in [7, 11) is 0. The van der Waals surface area contributed by atoms with Crippen LogP contribution in [0.15, 0.2) is 18.7 Å². The van der Waals surface area contributed by atoms with Crippen molar-refractivity contribution in [2.45, 2.75) is 39.2 Å². The number of aromatic nitrogens is 2. The van der Waals surface area contributed by atoms with Gasteiger partial charge >= 0.3 is 0 Å². The lowest BCUT2D eigenvalue weighted by molar-refractivity contribution is 0.495. The van der Waals surface area contributed by atoms with Gasteiger partial charge in [-0.25, -0.2) is 0 Å². The molecule has 4 nitrogen and oxygen atoms in total. The summed E-state index contributed by atoms with van der Waals surface area (Å²) in [5.41, 5.74) is 5.84. The lowest BCUT2D eigenvalue weighted by atomic mass is 10.0. The minimum absolute atomic E-state index is 0.147. The summed E-state index contributed by atoms with van der Waals surface area (Å²) >= 11 is 0. The zero-order valence-corrected chi connectivity index (χ0v) is 10.0. The van der Waals surface area contributed by atoms with E-state index in [9.17, 15) is 0 Å². The van der Waals surface area contributed by atoms with Crippen molar-refractivity contribution in [1.29, 1.82) is 0 Å². The van der Waals surface area contributed by atoms with Crippen LogP contribution in [-0.4, -0.2) is 10.2 Å². The smallest absolute Gasteiger partial charge is 0.0648 e. The van der Waals surface area contributed by atoms with Gasteiger partial charge in [0.2, 0.25) is 0 Å². The van der Waals surface area contributed by atoms with Crippen LogP contribution in [0.2, 0.25) is 0 Å². The zero-order valence-electron chi connectivity index (χ0n) is 10.0. The molecule has 1 aromatic heterocycles. The first-order valence-electron chi connectivity index (χ1n) is 5.57. The van der Waals surface area contributed by atoms with Crippen LogP contribution >= 0.6 is 0 Å². The van der Waals surface area contributed by atoms with E-state index < -0.39 is 0 Å². The first kappa shape index (κ1) is 12.8. The number of nitrogens with two attached hydrogens (primary N) is 1. The highest BCUT2D eigenvalue weighted by atomic mass is 15.2. The van der Waals surface area contributed by atoms with Crippen LogP contribution in [0.1, 0.15) is 42.3 Å². The van der Waals surface area contributed by atoms with Crippen LogP contribution in [0.3, 0.4) is 0 Å². The number of hydrogen-bond acceptors (Lipinski definition) is 4. The summed E-state index contributed by atoms with van der Waals surface area (Å²) in [6.07, 6.45) is 4.98. The Bertz CT molecular complexity index is 349. The van der Waals surface area contributed by atoms with Crippen molar-refractivity contribution in [3.05, 3.63) is 35.7 Å². The van der Waals surface area contributed by atoms with E-state index in [1.165, 1.54) is 0 Å². The normalized spacial score (nSPS) is 12.4. The molecule has 0 aromatic carbocycles. The third-order valence-electron chi connectivity index (χ3n) is 2.62. The highest BCUT2D eigenvalue weighted by Crippen LogP contribution is 2.21. The van der Waals surface area contributed by atoms with Crippen molar-refractivity contribution >= 4 is 0 Å².